The zero-order chi connectivity index (χ0) is 24.0. The van der Waals surface area contributed by atoms with Gasteiger partial charge >= 0.3 is 0 Å². The topological polar surface area (TPSA) is 140 Å². The number of aromatic amines is 1. The van der Waals surface area contributed by atoms with Gasteiger partial charge in [0.15, 0.2) is 11.5 Å². The van der Waals surface area contributed by atoms with E-state index in [4.69, 9.17) is 30.7 Å². The summed E-state index contributed by atoms with van der Waals surface area (Å²) in [6.45, 7) is -0.480. The van der Waals surface area contributed by atoms with Crippen LogP contribution in [0.2, 0.25) is 0 Å². The number of ether oxygens (including phenoxy) is 4. The van der Waals surface area contributed by atoms with Crippen LogP contribution in [0.25, 0.3) is 22.5 Å². The third-order valence-corrected chi connectivity index (χ3v) is 5.11. The van der Waals surface area contributed by atoms with Crippen molar-refractivity contribution < 1.29 is 28.8 Å². The Bertz CT molecular complexity index is 1090. The molecule has 2 aromatic carbocycles. The molecule has 1 amide bonds. The van der Waals surface area contributed by atoms with Gasteiger partial charge in [0.2, 0.25) is 11.7 Å². The third-order valence-electron chi connectivity index (χ3n) is 4.85. The second kappa shape index (κ2) is 10.9. The summed E-state index contributed by atoms with van der Waals surface area (Å²) in [7, 11) is 6.05. The number of hydrogen-bond acceptors (Lipinski definition) is 9. The van der Waals surface area contributed by atoms with Crippen LogP contribution in [-0.4, -0.2) is 67.5 Å². The van der Waals surface area contributed by atoms with E-state index < -0.39 is 18.6 Å². The highest BCUT2D eigenvalue weighted by Crippen LogP contribution is 2.42. The fourth-order valence-electron chi connectivity index (χ4n) is 3.19. The number of nitrogens with zero attached hydrogens (tertiary/aromatic N) is 2. The minimum Gasteiger partial charge on any atom is -0.495 e. The highest BCUT2D eigenvalue weighted by molar-refractivity contribution is 6.15. The molecule has 1 heterocycles. The molecule has 0 bridgehead atoms. The van der Waals surface area contributed by atoms with E-state index in [1.54, 1.807) is 30.3 Å². The van der Waals surface area contributed by atoms with Gasteiger partial charge in [-0.3, -0.25) is 4.79 Å². The number of amides is 1. The lowest BCUT2D eigenvalue weighted by Crippen LogP contribution is -2.38. The number of aliphatic hydroxyl groups is 1. The number of anilines is 1. The number of rotatable bonds is 10. The molecule has 4 N–H and O–H groups in total. The Morgan fingerprint density at radius 3 is 2.09 bits per heavy atom. The van der Waals surface area contributed by atoms with Crippen molar-refractivity contribution in [2.24, 2.45) is 0 Å². The van der Waals surface area contributed by atoms with Gasteiger partial charge in [-0.1, -0.05) is 0 Å². The number of aromatic nitrogens is 3. The average Bonchev–Trinajstić information content (AvgIpc) is 3.33. The molecular weight excluding hydrogens is 454 g/mol. The number of methoxy groups -OCH3 is 4. The Morgan fingerprint density at radius 1 is 0.970 bits per heavy atom. The molecule has 1 unspecified atom stereocenters. The maximum Gasteiger partial charge on any atom is 0.245 e. The number of carbonyl (C=O) groups is 1. The summed E-state index contributed by atoms with van der Waals surface area (Å²) in [4.78, 5) is 14.6. The lowest BCUT2D eigenvalue weighted by atomic mass is 10.0. The minimum absolute atomic E-state index is 0.365. The van der Waals surface area contributed by atoms with Crippen LogP contribution in [0.15, 0.2) is 30.3 Å². The molecule has 0 spiro atoms. The van der Waals surface area contributed by atoms with Gasteiger partial charge in [-0.05, 0) is 42.1 Å². The number of nitrogens with one attached hydrogen (secondary N) is 3. The van der Waals surface area contributed by atoms with Crippen LogP contribution in [0.4, 0.5) is 5.69 Å². The lowest BCUT2D eigenvalue weighted by Gasteiger charge is -2.16. The maximum atomic E-state index is 12.4. The van der Waals surface area contributed by atoms with Crippen molar-refractivity contribution in [1.82, 2.24) is 20.2 Å². The molecule has 1 atom stereocenters. The number of carbonyl (C=O) groups excluding carboxylic acids is 1. The fraction of sp³-hybridized carbons (Fsp3) is 0.286. The van der Waals surface area contributed by atoms with Gasteiger partial charge < -0.3 is 29.4 Å². The molecule has 3 rings (SSSR count). The van der Waals surface area contributed by atoms with E-state index in [0.29, 0.717) is 51.2 Å². The van der Waals surface area contributed by atoms with Crippen LogP contribution in [0.5, 0.6) is 23.0 Å². The van der Waals surface area contributed by atoms with E-state index >= 15 is 0 Å². The summed E-state index contributed by atoms with van der Waals surface area (Å²) in [5.74, 6) is 1.26. The molecule has 0 radical (unpaired) electrons. The molecule has 0 saturated carbocycles. The molecule has 0 fully saturated rings. The number of benzene rings is 2. The first-order valence-electron chi connectivity index (χ1n) is 9.68. The average molecular weight is 478 g/mol. The lowest BCUT2D eigenvalue weighted by molar-refractivity contribution is -0.118. The predicted molar refractivity (Wildman–Crippen MR) is 122 cm³/mol. The first-order chi connectivity index (χ1) is 16.0. The van der Waals surface area contributed by atoms with Crippen molar-refractivity contribution in [3.63, 3.8) is 0 Å². The molecule has 11 nitrogen and oxygen atoms in total. The highest BCUT2D eigenvalue weighted by atomic mass is 35.5. The highest BCUT2D eigenvalue weighted by Gasteiger charge is 2.21. The smallest absolute Gasteiger partial charge is 0.245 e. The molecule has 12 heteroatoms. The number of halogens is 1. The largest absolute Gasteiger partial charge is 0.495 e. The summed E-state index contributed by atoms with van der Waals surface area (Å²) in [6, 6.07) is 7.65. The molecule has 0 aliphatic carbocycles. The number of hydrogen-bond donors (Lipinski definition) is 4. The van der Waals surface area contributed by atoms with Crippen molar-refractivity contribution in [1.29, 1.82) is 0 Å². The summed E-state index contributed by atoms with van der Waals surface area (Å²) >= 11 is 5.52. The molecule has 0 aliphatic rings. The Balaban J connectivity index is 2.06. The van der Waals surface area contributed by atoms with Gasteiger partial charge in [-0.2, -0.15) is 15.4 Å². The number of H-pyrrole nitrogens is 1. The summed E-state index contributed by atoms with van der Waals surface area (Å²) < 4.78 is 21.6. The molecule has 0 saturated heterocycles. The standard InChI is InChI=1S/C21H24ClN5O6/c1-30-15-6-5-11(7-13(15)23-21(29)14(10-28)24-22)18-19(26-27-25-18)12-8-16(31-2)20(33-4)17(9-12)32-3/h5-9,14,24,28H,10H2,1-4H3,(H,23,29)(H,25,26,27). The maximum absolute atomic E-state index is 12.4. The first-order valence-corrected chi connectivity index (χ1v) is 10.1. The zero-order valence-corrected chi connectivity index (χ0v) is 19.2. The Morgan fingerprint density at radius 2 is 1.58 bits per heavy atom. The minimum atomic E-state index is -0.998. The Labute approximate surface area is 195 Å². The molecule has 33 heavy (non-hydrogen) atoms. The van der Waals surface area contributed by atoms with E-state index in [2.05, 4.69) is 25.6 Å². The quantitative estimate of drug-likeness (QED) is 0.323. The van der Waals surface area contributed by atoms with Gasteiger partial charge in [-0.15, -0.1) is 0 Å². The van der Waals surface area contributed by atoms with Gasteiger partial charge in [0, 0.05) is 11.1 Å². The summed E-state index contributed by atoms with van der Waals surface area (Å²) in [5.41, 5.74) is 2.71. The van der Waals surface area contributed by atoms with Gasteiger partial charge in [0.1, 0.15) is 23.2 Å². The zero-order valence-electron chi connectivity index (χ0n) is 18.4. The molecule has 0 aliphatic heterocycles. The van der Waals surface area contributed by atoms with Crippen molar-refractivity contribution in [3.8, 4) is 45.5 Å². The van der Waals surface area contributed by atoms with Crippen molar-refractivity contribution >= 4 is 23.4 Å². The fourth-order valence-corrected chi connectivity index (χ4v) is 3.36. The molecule has 176 valence electrons. The van der Waals surface area contributed by atoms with Crippen molar-refractivity contribution in [3.05, 3.63) is 30.3 Å². The van der Waals surface area contributed by atoms with Crippen LogP contribution < -0.4 is 29.1 Å². The van der Waals surface area contributed by atoms with Crippen molar-refractivity contribution in [2.75, 3.05) is 40.4 Å². The second-order valence-electron chi connectivity index (χ2n) is 6.68. The number of aliphatic hydroxyl groups excluding tert-OH is 1. The van der Waals surface area contributed by atoms with E-state index in [1.165, 1.54) is 28.4 Å². The molecular formula is C21H24ClN5O6. The summed E-state index contributed by atoms with van der Waals surface area (Å²) in [5, 5.41) is 23.2. The van der Waals surface area contributed by atoms with Gasteiger partial charge in [-0.25, -0.2) is 4.84 Å². The van der Waals surface area contributed by atoms with Crippen molar-refractivity contribution in [2.45, 2.75) is 6.04 Å². The van der Waals surface area contributed by atoms with Crippen LogP contribution in [0.3, 0.4) is 0 Å². The SMILES string of the molecule is COc1ccc(-c2n[nH]nc2-c2cc(OC)c(OC)c(OC)c2)cc1NC(=O)C(CO)NCl. The van der Waals surface area contributed by atoms with Gasteiger partial charge in [0.05, 0.1) is 40.7 Å². The first kappa shape index (κ1) is 24.1. The second-order valence-corrected chi connectivity index (χ2v) is 6.90. The van der Waals surface area contributed by atoms with Crippen LogP contribution in [0.1, 0.15) is 0 Å². The third kappa shape index (κ3) is 4.95. The predicted octanol–water partition coefficient (Wildman–Crippen LogP) is 2.22. The monoisotopic (exact) mass is 477 g/mol. The van der Waals surface area contributed by atoms with E-state index in [9.17, 15) is 9.90 Å². The Kier molecular flexibility index (Phi) is 7.93. The molecule has 1 aromatic heterocycles. The van der Waals surface area contributed by atoms with Crippen LogP contribution in [-0.2, 0) is 4.79 Å². The van der Waals surface area contributed by atoms with E-state index in [-0.39, 0.29) is 0 Å². The van der Waals surface area contributed by atoms with Crippen LogP contribution in [0, 0.1) is 0 Å². The Hall–Kier alpha value is -3.54. The van der Waals surface area contributed by atoms with Crippen LogP contribution >= 0.6 is 11.8 Å². The van der Waals surface area contributed by atoms with E-state index in [0.717, 1.165) is 0 Å². The van der Waals surface area contributed by atoms with E-state index in [1.807, 2.05) is 0 Å². The van der Waals surface area contributed by atoms with Gasteiger partial charge in [0.25, 0.3) is 0 Å². The molecule has 3 aromatic rings. The normalized spacial score (nSPS) is 11.6. The summed E-state index contributed by atoms with van der Waals surface area (Å²) in [6.07, 6.45) is 0.